The van der Waals surface area contributed by atoms with Gasteiger partial charge in [-0.3, -0.25) is 4.79 Å². The second-order valence-electron chi connectivity index (χ2n) is 4.55. The normalized spacial score (nSPS) is 10.2. The van der Waals surface area contributed by atoms with E-state index in [1.54, 1.807) is 13.0 Å². The summed E-state index contributed by atoms with van der Waals surface area (Å²) < 4.78 is 4.98. The van der Waals surface area contributed by atoms with Crippen molar-refractivity contribution in [3.05, 3.63) is 52.4 Å². The molecular weight excluding hydrogens is 286 g/mol. The zero-order chi connectivity index (χ0) is 15.2. The van der Waals surface area contributed by atoms with E-state index >= 15 is 0 Å². The number of anilines is 1. The molecule has 110 valence electrons. The molecule has 1 aromatic heterocycles. The molecule has 5 heteroatoms. The lowest BCUT2D eigenvalue weighted by molar-refractivity contribution is -0.115. The van der Waals surface area contributed by atoms with E-state index in [2.05, 4.69) is 5.32 Å². The van der Waals surface area contributed by atoms with Gasteiger partial charge in [-0.1, -0.05) is 30.3 Å². The van der Waals surface area contributed by atoms with Gasteiger partial charge in [0.2, 0.25) is 5.91 Å². The quantitative estimate of drug-likeness (QED) is 0.861. The highest BCUT2D eigenvalue weighted by molar-refractivity contribution is 7.18. The first kappa shape index (κ1) is 15.3. The smallest absolute Gasteiger partial charge is 0.348 e. The fourth-order valence-corrected chi connectivity index (χ4v) is 2.89. The maximum Gasteiger partial charge on any atom is 0.348 e. The Labute approximate surface area is 127 Å². The van der Waals surface area contributed by atoms with Crippen LogP contribution in [0.25, 0.3) is 0 Å². The number of hydrogen-bond donors (Lipinski definition) is 1. The summed E-state index contributed by atoms with van der Waals surface area (Å²) in [4.78, 5) is 24.2. The van der Waals surface area contributed by atoms with Gasteiger partial charge in [-0.2, -0.15) is 0 Å². The van der Waals surface area contributed by atoms with Crippen LogP contribution < -0.4 is 5.32 Å². The van der Waals surface area contributed by atoms with Crippen molar-refractivity contribution in [1.29, 1.82) is 0 Å². The van der Waals surface area contributed by atoms with Crippen LogP contribution in [-0.2, 0) is 16.0 Å². The van der Waals surface area contributed by atoms with E-state index in [9.17, 15) is 9.59 Å². The van der Waals surface area contributed by atoms with Crippen molar-refractivity contribution in [2.24, 2.45) is 0 Å². The van der Waals surface area contributed by atoms with Crippen LogP contribution in [0.4, 0.5) is 5.00 Å². The van der Waals surface area contributed by atoms with E-state index in [1.165, 1.54) is 11.3 Å². The average molecular weight is 303 g/mol. The summed E-state index contributed by atoms with van der Waals surface area (Å²) in [7, 11) is 0. The number of benzene rings is 1. The van der Waals surface area contributed by atoms with Gasteiger partial charge in [0.05, 0.1) is 18.0 Å². The summed E-state index contributed by atoms with van der Waals surface area (Å²) in [5.41, 5.74) is 1.77. The molecule has 0 spiro atoms. The summed E-state index contributed by atoms with van der Waals surface area (Å²) >= 11 is 1.24. The third-order valence-corrected chi connectivity index (χ3v) is 3.98. The van der Waals surface area contributed by atoms with Crippen molar-refractivity contribution < 1.29 is 14.3 Å². The van der Waals surface area contributed by atoms with Crippen molar-refractivity contribution in [2.45, 2.75) is 20.3 Å². The molecule has 0 radical (unpaired) electrons. The van der Waals surface area contributed by atoms with Gasteiger partial charge in [0.1, 0.15) is 4.88 Å². The molecule has 0 saturated heterocycles. The average Bonchev–Trinajstić information content (AvgIpc) is 2.80. The summed E-state index contributed by atoms with van der Waals surface area (Å²) in [6, 6.07) is 11.3. The highest BCUT2D eigenvalue weighted by atomic mass is 32.1. The first-order valence-corrected chi connectivity index (χ1v) is 7.53. The summed E-state index contributed by atoms with van der Waals surface area (Å²) in [6.07, 6.45) is 0.312. The summed E-state index contributed by atoms with van der Waals surface area (Å²) in [6.45, 7) is 3.94. The molecule has 0 aliphatic heterocycles. The third-order valence-electron chi connectivity index (χ3n) is 2.85. The number of esters is 1. The predicted molar refractivity (Wildman–Crippen MR) is 83.8 cm³/mol. The molecule has 21 heavy (non-hydrogen) atoms. The van der Waals surface area contributed by atoms with Crippen molar-refractivity contribution in [2.75, 3.05) is 11.9 Å². The molecule has 2 rings (SSSR count). The topological polar surface area (TPSA) is 55.4 Å². The van der Waals surface area contributed by atoms with Crippen LogP contribution in [0, 0.1) is 6.92 Å². The molecule has 0 aliphatic carbocycles. The molecule has 2 aromatic rings. The summed E-state index contributed by atoms with van der Waals surface area (Å²) in [5.74, 6) is -0.443. The van der Waals surface area contributed by atoms with Gasteiger partial charge >= 0.3 is 5.97 Å². The molecule has 1 aromatic carbocycles. The molecular formula is C16H17NO3S. The number of rotatable bonds is 5. The minimum atomic E-state index is -0.344. The lowest BCUT2D eigenvalue weighted by Gasteiger charge is -2.02. The number of thiophene rings is 1. The first-order chi connectivity index (χ1) is 10.1. The Hall–Kier alpha value is -2.14. The van der Waals surface area contributed by atoms with E-state index in [0.29, 0.717) is 22.9 Å². The fraction of sp³-hybridized carbons (Fsp3) is 0.250. The van der Waals surface area contributed by atoms with Crippen LogP contribution >= 0.6 is 11.3 Å². The summed E-state index contributed by atoms with van der Waals surface area (Å²) in [5, 5.41) is 3.48. The Morgan fingerprint density at radius 1 is 1.24 bits per heavy atom. The molecule has 0 bridgehead atoms. The van der Waals surface area contributed by atoms with Crippen LogP contribution in [0.3, 0.4) is 0 Å². The van der Waals surface area contributed by atoms with E-state index < -0.39 is 0 Å². The van der Waals surface area contributed by atoms with Gasteiger partial charge in [0.15, 0.2) is 0 Å². The molecule has 1 N–H and O–H groups in total. The first-order valence-electron chi connectivity index (χ1n) is 6.71. The second-order valence-corrected chi connectivity index (χ2v) is 5.61. The standard InChI is InChI=1S/C16H17NO3S/c1-3-20-16(19)15-11(2)9-14(21-15)17-13(18)10-12-7-5-4-6-8-12/h4-9H,3,10H2,1-2H3,(H,17,18). The van der Waals surface area contributed by atoms with E-state index in [4.69, 9.17) is 4.74 Å². The minimum absolute atomic E-state index is 0.0992. The molecule has 1 amide bonds. The number of carbonyl (C=O) groups is 2. The largest absolute Gasteiger partial charge is 0.462 e. The molecule has 0 fully saturated rings. The lowest BCUT2D eigenvalue weighted by Crippen LogP contribution is -2.13. The Bertz CT molecular complexity index is 634. The molecule has 0 aliphatic rings. The van der Waals surface area contributed by atoms with Gasteiger partial charge in [0, 0.05) is 0 Å². The van der Waals surface area contributed by atoms with Crippen LogP contribution in [0.15, 0.2) is 36.4 Å². The van der Waals surface area contributed by atoms with Gasteiger partial charge in [-0.05, 0) is 31.0 Å². The number of aryl methyl sites for hydroxylation is 1. The van der Waals surface area contributed by atoms with Crippen molar-refractivity contribution in [1.82, 2.24) is 0 Å². The van der Waals surface area contributed by atoms with Gasteiger partial charge in [0.25, 0.3) is 0 Å². The highest BCUT2D eigenvalue weighted by Gasteiger charge is 2.15. The van der Waals surface area contributed by atoms with Crippen LogP contribution in [0.5, 0.6) is 0 Å². The maximum absolute atomic E-state index is 12.0. The molecule has 0 unspecified atom stereocenters. The van der Waals surface area contributed by atoms with E-state index in [1.807, 2.05) is 37.3 Å². The van der Waals surface area contributed by atoms with Gasteiger partial charge in [-0.25, -0.2) is 4.79 Å². The number of hydrogen-bond acceptors (Lipinski definition) is 4. The number of nitrogens with one attached hydrogen (secondary N) is 1. The Morgan fingerprint density at radius 2 is 1.95 bits per heavy atom. The third kappa shape index (κ3) is 4.16. The van der Waals surface area contributed by atoms with Crippen molar-refractivity contribution in [3.63, 3.8) is 0 Å². The zero-order valence-electron chi connectivity index (χ0n) is 12.0. The van der Waals surface area contributed by atoms with Gasteiger partial charge < -0.3 is 10.1 Å². The van der Waals surface area contributed by atoms with Crippen LogP contribution in [0.2, 0.25) is 0 Å². The van der Waals surface area contributed by atoms with E-state index in [0.717, 1.165) is 11.1 Å². The Kier molecular flexibility index (Phi) is 5.11. The Morgan fingerprint density at radius 3 is 2.62 bits per heavy atom. The maximum atomic E-state index is 12.0. The molecule has 0 atom stereocenters. The Balaban J connectivity index is 2.01. The molecule has 0 saturated carbocycles. The number of carbonyl (C=O) groups excluding carboxylic acids is 2. The van der Waals surface area contributed by atoms with Crippen molar-refractivity contribution in [3.8, 4) is 0 Å². The minimum Gasteiger partial charge on any atom is -0.462 e. The molecule has 1 heterocycles. The second kappa shape index (κ2) is 7.04. The number of ether oxygens (including phenoxy) is 1. The predicted octanol–water partition coefficient (Wildman–Crippen LogP) is 3.41. The van der Waals surface area contributed by atoms with Crippen molar-refractivity contribution >= 4 is 28.2 Å². The lowest BCUT2D eigenvalue weighted by atomic mass is 10.1. The number of amides is 1. The fourth-order valence-electron chi connectivity index (χ4n) is 1.91. The molecule has 4 nitrogen and oxygen atoms in total. The zero-order valence-corrected chi connectivity index (χ0v) is 12.8. The SMILES string of the molecule is CCOC(=O)c1sc(NC(=O)Cc2ccccc2)cc1C. The van der Waals surface area contributed by atoms with Crippen LogP contribution in [0.1, 0.15) is 27.7 Å². The van der Waals surface area contributed by atoms with E-state index in [-0.39, 0.29) is 11.9 Å². The van der Waals surface area contributed by atoms with Gasteiger partial charge in [-0.15, -0.1) is 11.3 Å². The van der Waals surface area contributed by atoms with Crippen LogP contribution in [-0.4, -0.2) is 18.5 Å². The monoisotopic (exact) mass is 303 g/mol. The highest BCUT2D eigenvalue weighted by Crippen LogP contribution is 2.27.